The minimum Gasteiger partial charge on any atom is -0.322 e. The van der Waals surface area contributed by atoms with Crippen LogP contribution < -0.4 is 10.9 Å². The van der Waals surface area contributed by atoms with Crippen LogP contribution in [-0.2, 0) is 17.4 Å². The van der Waals surface area contributed by atoms with Gasteiger partial charge in [-0.15, -0.1) is 0 Å². The van der Waals surface area contributed by atoms with Crippen LogP contribution in [0.25, 0.3) is 11.1 Å². The third-order valence-electron chi connectivity index (χ3n) is 4.03. The third kappa shape index (κ3) is 4.41. The zero-order chi connectivity index (χ0) is 19.6. The summed E-state index contributed by atoms with van der Waals surface area (Å²) < 4.78 is 52.1. The van der Waals surface area contributed by atoms with Crippen LogP contribution in [0.15, 0.2) is 59.6 Å². The van der Waals surface area contributed by atoms with Gasteiger partial charge in [0, 0.05) is 17.8 Å². The van der Waals surface area contributed by atoms with Crippen molar-refractivity contribution in [2.75, 3.05) is 0 Å². The number of hydrogen-bond acceptors (Lipinski definition) is 3. The second kappa shape index (κ2) is 7.99. The van der Waals surface area contributed by atoms with E-state index < -0.39 is 34.5 Å². The van der Waals surface area contributed by atoms with E-state index >= 15 is 0 Å². The number of hydrogen-bond donors (Lipinski definition) is 2. The summed E-state index contributed by atoms with van der Waals surface area (Å²) in [4.78, 5) is 4.14. The summed E-state index contributed by atoms with van der Waals surface area (Å²) in [5.41, 5.74) is 8.20. The first kappa shape index (κ1) is 19.2. The molecule has 8 heteroatoms. The summed E-state index contributed by atoms with van der Waals surface area (Å²) in [6.45, 7) is 0. The average Bonchev–Trinajstić information content (AvgIpc) is 2.61. The molecule has 1 heterocycles. The lowest BCUT2D eigenvalue weighted by molar-refractivity contribution is 0.576. The molecule has 0 radical (unpaired) electrons. The molecule has 3 aromatic rings. The molecule has 27 heavy (non-hydrogen) atoms. The van der Waals surface area contributed by atoms with Crippen LogP contribution in [0.2, 0.25) is 0 Å². The number of aromatic nitrogens is 1. The molecule has 2 aromatic carbocycles. The lowest BCUT2D eigenvalue weighted by atomic mass is 9.96. The van der Waals surface area contributed by atoms with E-state index in [1.807, 2.05) is 0 Å². The van der Waals surface area contributed by atoms with Gasteiger partial charge in [0.1, 0.15) is 28.4 Å². The third-order valence-corrected chi connectivity index (χ3v) is 4.77. The van der Waals surface area contributed by atoms with E-state index in [4.69, 9.17) is 10.9 Å². The molecule has 3 rings (SSSR count). The van der Waals surface area contributed by atoms with Gasteiger partial charge in [0.25, 0.3) is 0 Å². The Hall–Kier alpha value is -2.55. The first-order chi connectivity index (χ1) is 12.8. The monoisotopic (exact) mass is 391 g/mol. The molecule has 2 unspecified atom stereocenters. The molecule has 0 spiro atoms. The molecule has 0 aliphatic carbocycles. The molecule has 4 nitrogen and oxygen atoms in total. The molecule has 0 amide bonds. The van der Waals surface area contributed by atoms with E-state index in [0.29, 0.717) is 22.4 Å². The molecular weight excluding hydrogens is 375 g/mol. The second-order valence-electron chi connectivity index (χ2n) is 5.97. The predicted octanol–water partition coefficient (Wildman–Crippen LogP) is 3.39. The van der Waals surface area contributed by atoms with Crippen molar-refractivity contribution in [1.29, 1.82) is 0 Å². The highest BCUT2D eigenvalue weighted by atomic mass is 32.2. The first-order valence-electron chi connectivity index (χ1n) is 7.96. The number of benzene rings is 2. The minimum atomic E-state index is -1.99. The van der Waals surface area contributed by atoms with Crippen LogP contribution in [0.4, 0.5) is 13.2 Å². The van der Waals surface area contributed by atoms with Gasteiger partial charge in [-0.3, -0.25) is 4.98 Å². The quantitative estimate of drug-likeness (QED) is 0.699. The largest absolute Gasteiger partial charge is 0.322 e. The van der Waals surface area contributed by atoms with E-state index in [9.17, 15) is 17.4 Å². The predicted molar refractivity (Wildman–Crippen MR) is 97.2 cm³/mol. The lowest BCUT2D eigenvalue weighted by Gasteiger charge is -2.16. The molecule has 0 bridgehead atoms. The molecule has 0 saturated heterocycles. The zero-order valence-corrected chi connectivity index (χ0v) is 14.8. The van der Waals surface area contributed by atoms with Gasteiger partial charge in [0.2, 0.25) is 0 Å². The van der Waals surface area contributed by atoms with Crippen molar-refractivity contribution >= 4 is 11.0 Å². The summed E-state index contributed by atoms with van der Waals surface area (Å²) >= 11 is 0. The number of halogens is 3. The van der Waals surface area contributed by atoms with Crippen molar-refractivity contribution in [1.82, 2.24) is 4.98 Å². The van der Waals surface area contributed by atoms with Gasteiger partial charge in [-0.1, -0.05) is 12.1 Å². The Kier molecular flexibility index (Phi) is 5.69. The summed E-state index contributed by atoms with van der Waals surface area (Å²) in [7, 11) is -1.99. The fourth-order valence-corrected chi connectivity index (χ4v) is 3.36. The Morgan fingerprint density at radius 3 is 2.41 bits per heavy atom. The molecule has 2 atom stereocenters. The van der Waals surface area contributed by atoms with Gasteiger partial charge < -0.3 is 5.73 Å². The van der Waals surface area contributed by atoms with Crippen molar-refractivity contribution in [3.63, 3.8) is 0 Å². The number of nitrogens with zero attached hydrogens (tertiary/aromatic N) is 1. The van der Waals surface area contributed by atoms with Crippen molar-refractivity contribution in [2.45, 2.75) is 17.4 Å². The first-order valence-corrected chi connectivity index (χ1v) is 9.18. The van der Waals surface area contributed by atoms with Crippen LogP contribution in [0.1, 0.15) is 17.3 Å². The lowest BCUT2D eigenvalue weighted by Crippen LogP contribution is -2.16. The standard InChI is InChI=1S/C19H16F3N3OS/c20-13-6-11(7-14(21)10-13)8-17(23)19-15(2-1-5-25-19)12-3-4-16(22)18(9-12)27(24)26/h1-7,9-10,17H,8,23-24H2. The number of rotatable bonds is 5. The maximum Gasteiger partial charge on any atom is 0.140 e. The smallest absolute Gasteiger partial charge is 0.140 e. The van der Waals surface area contributed by atoms with E-state index in [2.05, 4.69) is 4.98 Å². The SMILES string of the molecule is NC(Cc1cc(F)cc(F)c1)c1ncccc1-c1ccc(F)c(S(N)=O)c1. The Balaban J connectivity index is 1.99. The average molecular weight is 391 g/mol. The second-order valence-corrected chi connectivity index (χ2v) is 7.00. The number of nitrogens with two attached hydrogens (primary N) is 2. The minimum absolute atomic E-state index is 0.136. The van der Waals surface area contributed by atoms with Crippen molar-refractivity contribution in [3.05, 3.63) is 83.4 Å². The summed E-state index contributed by atoms with van der Waals surface area (Å²) in [6, 6.07) is 9.98. The van der Waals surface area contributed by atoms with Crippen LogP contribution >= 0.6 is 0 Å². The van der Waals surface area contributed by atoms with Gasteiger partial charge >= 0.3 is 0 Å². The van der Waals surface area contributed by atoms with E-state index in [0.717, 1.165) is 6.07 Å². The topological polar surface area (TPSA) is 82.0 Å². The highest BCUT2D eigenvalue weighted by Gasteiger charge is 2.17. The van der Waals surface area contributed by atoms with Crippen molar-refractivity contribution in [3.8, 4) is 11.1 Å². The van der Waals surface area contributed by atoms with Gasteiger partial charge in [-0.05, 0) is 47.9 Å². The highest BCUT2D eigenvalue weighted by molar-refractivity contribution is 7.82. The molecule has 1 aromatic heterocycles. The molecule has 0 fully saturated rings. The maximum absolute atomic E-state index is 13.8. The Morgan fingerprint density at radius 2 is 1.74 bits per heavy atom. The van der Waals surface area contributed by atoms with E-state index in [1.165, 1.54) is 36.5 Å². The van der Waals surface area contributed by atoms with Crippen molar-refractivity contribution in [2.24, 2.45) is 10.9 Å². The number of pyridine rings is 1. The maximum atomic E-state index is 13.8. The Labute approximate surface area is 156 Å². The highest BCUT2D eigenvalue weighted by Crippen LogP contribution is 2.29. The Bertz CT molecular complexity index is 993. The zero-order valence-electron chi connectivity index (χ0n) is 14.0. The van der Waals surface area contributed by atoms with Gasteiger partial charge in [0.15, 0.2) is 0 Å². The van der Waals surface area contributed by atoms with Crippen LogP contribution in [0, 0.1) is 17.5 Å². The molecular formula is C19H16F3N3OS. The van der Waals surface area contributed by atoms with Crippen molar-refractivity contribution < 1.29 is 17.4 Å². The molecule has 0 saturated carbocycles. The van der Waals surface area contributed by atoms with Gasteiger partial charge in [-0.2, -0.15) is 0 Å². The summed E-state index contributed by atoms with van der Waals surface area (Å²) in [5, 5.41) is 5.31. The summed E-state index contributed by atoms with van der Waals surface area (Å²) in [5.74, 6) is -2.05. The van der Waals surface area contributed by atoms with Crippen LogP contribution in [0.5, 0.6) is 0 Å². The van der Waals surface area contributed by atoms with Gasteiger partial charge in [0.05, 0.1) is 16.6 Å². The molecule has 4 N–H and O–H groups in total. The molecule has 140 valence electrons. The van der Waals surface area contributed by atoms with E-state index in [1.54, 1.807) is 12.1 Å². The van der Waals surface area contributed by atoms with Crippen LogP contribution in [0.3, 0.4) is 0 Å². The molecule has 0 aliphatic rings. The van der Waals surface area contributed by atoms with Gasteiger partial charge in [-0.25, -0.2) is 22.5 Å². The fraction of sp³-hybridized carbons (Fsp3) is 0.105. The Morgan fingerprint density at radius 1 is 1.04 bits per heavy atom. The summed E-state index contributed by atoms with van der Waals surface area (Å²) in [6.07, 6.45) is 1.69. The molecule has 0 aliphatic heterocycles. The van der Waals surface area contributed by atoms with Crippen LogP contribution in [-0.4, -0.2) is 9.19 Å². The van der Waals surface area contributed by atoms with E-state index in [-0.39, 0.29) is 11.3 Å². The fourth-order valence-electron chi connectivity index (χ4n) is 2.86. The normalized spacial score (nSPS) is 13.4.